The Morgan fingerprint density at radius 3 is 2.61 bits per heavy atom. The van der Waals surface area contributed by atoms with Crippen molar-refractivity contribution >= 4 is 17.9 Å². The molecule has 0 spiro atoms. The highest BCUT2D eigenvalue weighted by molar-refractivity contribution is 5.80. The van der Waals surface area contributed by atoms with Crippen molar-refractivity contribution in [1.82, 2.24) is 20.4 Å². The predicted molar refractivity (Wildman–Crippen MR) is 124 cm³/mol. The lowest BCUT2D eigenvalue weighted by Gasteiger charge is -2.33. The molecule has 1 heterocycles. The van der Waals surface area contributed by atoms with Crippen LogP contribution in [0.4, 0.5) is 9.18 Å². The maximum atomic E-state index is 13.5. The molecule has 1 aromatic carbocycles. The topological polar surface area (TPSA) is 91.0 Å². The Hall–Kier alpha value is -2.68. The number of nitrogens with one attached hydrogen (secondary N) is 2. The van der Waals surface area contributed by atoms with Gasteiger partial charge in [0.1, 0.15) is 11.4 Å². The van der Waals surface area contributed by atoms with E-state index < -0.39 is 11.7 Å². The minimum Gasteiger partial charge on any atom is -0.444 e. The van der Waals surface area contributed by atoms with E-state index in [1.54, 1.807) is 37.8 Å². The maximum absolute atomic E-state index is 13.5. The van der Waals surface area contributed by atoms with E-state index in [1.807, 2.05) is 11.8 Å². The number of benzene rings is 1. The zero-order valence-electron chi connectivity index (χ0n) is 20.2. The Bertz CT molecular complexity index is 812. The first-order valence-electron chi connectivity index (χ1n) is 11.6. The summed E-state index contributed by atoms with van der Waals surface area (Å²) >= 11 is 0. The molecule has 33 heavy (non-hydrogen) atoms. The fourth-order valence-corrected chi connectivity index (χ4v) is 3.75. The van der Waals surface area contributed by atoms with Crippen molar-refractivity contribution in [1.29, 1.82) is 0 Å². The van der Waals surface area contributed by atoms with E-state index in [2.05, 4.69) is 10.6 Å². The molecule has 0 aliphatic carbocycles. The highest BCUT2D eigenvalue weighted by Crippen LogP contribution is 2.17. The fourth-order valence-electron chi connectivity index (χ4n) is 3.75. The van der Waals surface area contributed by atoms with Gasteiger partial charge in [0.25, 0.3) is 0 Å². The Morgan fingerprint density at radius 1 is 1.21 bits per heavy atom. The van der Waals surface area contributed by atoms with E-state index in [1.165, 1.54) is 12.1 Å². The normalized spacial score (nSPS) is 16.7. The molecule has 1 saturated heterocycles. The standard InChI is InChI=1S/C24H37FN4O4/c1-5-29(15-18-8-6-10-20(25)14-18)21(30)17-28-13-7-9-19(16-28)22(31)26-11-12-27-23(32)33-24(2,3)4/h6,8,10,14,19H,5,7,9,11-13,15-17H2,1-4H3,(H,26,31)(H,27,32). The number of hydrogen-bond donors (Lipinski definition) is 2. The molecule has 2 N–H and O–H groups in total. The molecule has 1 fully saturated rings. The molecule has 0 radical (unpaired) electrons. The van der Waals surface area contributed by atoms with Gasteiger partial charge in [-0.15, -0.1) is 0 Å². The number of rotatable bonds is 9. The number of halogens is 1. The summed E-state index contributed by atoms with van der Waals surface area (Å²) in [6.07, 6.45) is 1.08. The van der Waals surface area contributed by atoms with Crippen LogP contribution in [0.15, 0.2) is 24.3 Å². The first kappa shape index (κ1) is 26.6. The van der Waals surface area contributed by atoms with Crippen molar-refractivity contribution in [3.63, 3.8) is 0 Å². The lowest BCUT2D eigenvalue weighted by molar-refractivity contribution is -0.135. The lowest BCUT2D eigenvalue weighted by atomic mass is 9.97. The number of amides is 3. The molecule has 0 bridgehead atoms. The minimum absolute atomic E-state index is 0.0376. The number of nitrogens with zero attached hydrogens (tertiary/aromatic N) is 2. The zero-order chi connectivity index (χ0) is 24.4. The van der Waals surface area contributed by atoms with Crippen LogP contribution in [0.25, 0.3) is 0 Å². The van der Waals surface area contributed by atoms with Gasteiger partial charge in [0.2, 0.25) is 11.8 Å². The number of hydrogen-bond acceptors (Lipinski definition) is 5. The number of carbonyl (C=O) groups is 3. The molecule has 3 amide bonds. The summed E-state index contributed by atoms with van der Waals surface area (Å²) in [6, 6.07) is 6.26. The Balaban J connectivity index is 1.76. The molecule has 0 aromatic heterocycles. The van der Waals surface area contributed by atoms with Crippen LogP contribution in [0.2, 0.25) is 0 Å². The van der Waals surface area contributed by atoms with Gasteiger partial charge in [0.15, 0.2) is 0 Å². The fraction of sp³-hybridized carbons (Fsp3) is 0.625. The highest BCUT2D eigenvalue weighted by Gasteiger charge is 2.27. The number of likely N-dealkylation sites (tertiary alicyclic amines) is 1. The van der Waals surface area contributed by atoms with Crippen molar-refractivity contribution in [3.05, 3.63) is 35.6 Å². The van der Waals surface area contributed by atoms with Crippen LogP contribution in [-0.4, -0.2) is 72.6 Å². The summed E-state index contributed by atoms with van der Waals surface area (Å²) in [7, 11) is 0. The summed E-state index contributed by atoms with van der Waals surface area (Å²) in [5, 5.41) is 5.46. The van der Waals surface area contributed by atoms with E-state index in [-0.39, 0.29) is 36.6 Å². The summed E-state index contributed by atoms with van der Waals surface area (Å²) in [5.74, 6) is -0.636. The van der Waals surface area contributed by atoms with E-state index in [9.17, 15) is 18.8 Å². The zero-order valence-corrected chi connectivity index (χ0v) is 20.2. The minimum atomic E-state index is -0.568. The molecule has 0 saturated carbocycles. The molecule has 1 aliphatic heterocycles. The van der Waals surface area contributed by atoms with Crippen molar-refractivity contribution in [2.75, 3.05) is 39.3 Å². The van der Waals surface area contributed by atoms with Crippen LogP contribution in [0.1, 0.15) is 46.1 Å². The third kappa shape index (κ3) is 9.77. The van der Waals surface area contributed by atoms with Crippen molar-refractivity contribution in [2.24, 2.45) is 5.92 Å². The highest BCUT2D eigenvalue weighted by atomic mass is 19.1. The number of ether oxygens (including phenoxy) is 1. The molecular formula is C24H37FN4O4. The van der Waals surface area contributed by atoms with Crippen LogP contribution >= 0.6 is 0 Å². The molecule has 1 aromatic rings. The summed E-state index contributed by atoms with van der Waals surface area (Å²) in [5.41, 5.74) is 0.183. The number of piperidine rings is 1. The van der Waals surface area contributed by atoms with Gasteiger partial charge in [0, 0.05) is 32.7 Å². The molecule has 1 aliphatic rings. The SMILES string of the molecule is CCN(Cc1cccc(F)c1)C(=O)CN1CCCC(C(=O)NCCNC(=O)OC(C)(C)C)C1. The van der Waals surface area contributed by atoms with Gasteiger partial charge in [0.05, 0.1) is 12.5 Å². The Morgan fingerprint density at radius 2 is 1.94 bits per heavy atom. The van der Waals surface area contributed by atoms with Crippen molar-refractivity contribution < 1.29 is 23.5 Å². The average molecular weight is 465 g/mol. The Labute approximate surface area is 195 Å². The Kier molecular flexibility index (Phi) is 10.1. The number of likely N-dealkylation sites (N-methyl/N-ethyl adjacent to an activating group) is 1. The maximum Gasteiger partial charge on any atom is 0.407 e. The van der Waals surface area contributed by atoms with Gasteiger partial charge in [-0.1, -0.05) is 12.1 Å². The molecule has 1 unspecified atom stereocenters. The quantitative estimate of drug-likeness (QED) is 0.548. The van der Waals surface area contributed by atoms with Crippen molar-refractivity contribution in [2.45, 2.75) is 52.7 Å². The largest absolute Gasteiger partial charge is 0.444 e. The molecule has 9 heteroatoms. The number of alkyl carbamates (subject to hydrolysis) is 1. The summed E-state index contributed by atoms with van der Waals surface area (Å²) in [6.45, 7) is 10.2. The first-order valence-corrected chi connectivity index (χ1v) is 11.6. The van der Waals surface area contributed by atoms with Gasteiger partial charge in [-0.3, -0.25) is 14.5 Å². The van der Waals surface area contributed by atoms with Gasteiger partial charge in [-0.25, -0.2) is 9.18 Å². The molecule has 2 rings (SSSR count). The van der Waals surface area contributed by atoms with Crippen LogP contribution in [0.3, 0.4) is 0 Å². The third-order valence-electron chi connectivity index (χ3n) is 5.32. The monoisotopic (exact) mass is 464 g/mol. The summed E-state index contributed by atoms with van der Waals surface area (Å²) in [4.78, 5) is 40.7. The first-order chi connectivity index (χ1) is 15.6. The molecular weight excluding hydrogens is 427 g/mol. The third-order valence-corrected chi connectivity index (χ3v) is 5.32. The van der Waals surface area contributed by atoms with Crippen LogP contribution in [0, 0.1) is 11.7 Å². The van der Waals surface area contributed by atoms with Crippen LogP contribution < -0.4 is 10.6 Å². The van der Waals surface area contributed by atoms with E-state index in [4.69, 9.17) is 4.74 Å². The van der Waals surface area contributed by atoms with E-state index >= 15 is 0 Å². The smallest absolute Gasteiger partial charge is 0.407 e. The molecule has 8 nitrogen and oxygen atoms in total. The lowest BCUT2D eigenvalue weighted by Crippen LogP contribution is -2.48. The second kappa shape index (κ2) is 12.5. The second-order valence-electron chi connectivity index (χ2n) is 9.33. The van der Waals surface area contributed by atoms with E-state index in [0.29, 0.717) is 26.2 Å². The van der Waals surface area contributed by atoms with Crippen LogP contribution in [-0.2, 0) is 20.9 Å². The molecule has 184 valence electrons. The van der Waals surface area contributed by atoms with Crippen molar-refractivity contribution in [3.8, 4) is 0 Å². The van der Waals surface area contributed by atoms with Crippen LogP contribution in [0.5, 0.6) is 0 Å². The van der Waals surface area contributed by atoms with Gasteiger partial charge in [-0.2, -0.15) is 0 Å². The predicted octanol–water partition coefficient (Wildman–Crippen LogP) is 2.53. The average Bonchev–Trinajstić information content (AvgIpc) is 2.74. The van der Waals surface area contributed by atoms with E-state index in [0.717, 1.165) is 24.9 Å². The second-order valence-corrected chi connectivity index (χ2v) is 9.33. The number of carbonyl (C=O) groups excluding carboxylic acids is 3. The summed E-state index contributed by atoms with van der Waals surface area (Å²) < 4.78 is 18.6. The van der Waals surface area contributed by atoms with Gasteiger partial charge in [-0.05, 0) is 64.8 Å². The van der Waals surface area contributed by atoms with Gasteiger partial charge < -0.3 is 20.3 Å². The molecule has 1 atom stereocenters. The van der Waals surface area contributed by atoms with Gasteiger partial charge >= 0.3 is 6.09 Å².